The number of ether oxygens (including phenoxy) is 1. The van der Waals surface area contributed by atoms with E-state index in [1.807, 2.05) is 0 Å². The molecule has 0 bridgehead atoms. The normalized spacial score (nSPS) is 12.0. The second kappa shape index (κ2) is 65.6. The van der Waals surface area contributed by atoms with E-state index in [0.29, 0.717) is 38.5 Å². The number of carbonyl (C=O) groups is 13. The van der Waals surface area contributed by atoms with Gasteiger partial charge in [0.1, 0.15) is 43.9 Å². The minimum atomic E-state index is -1.27. The molecule has 3 atom stereocenters. The number of nitrogens with zero attached hydrogens (tertiary/aromatic N) is 12. The average Bonchev–Trinajstić information content (AvgIpc) is 1.66. The Bertz CT molecular complexity index is 4950. The summed E-state index contributed by atoms with van der Waals surface area (Å²) in [5.74, 6) is -10.4. The van der Waals surface area contributed by atoms with Crippen LogP contribution in [0.4, 0.5) is 17.8 Å². The van der Waals surface area contributed by atoms with Gasteiger partial charge in [0.25, 0.3) is 16.7 Å². The number of amides is 12. The maximum atomic E-state index is 14.5. The summed E-state index contributed by atoms with van der Waals surface area (Å²) in [7, 11) is 0. The molecular formula is C91H151N29O17S. The lowest BCUT2D eigenvalue weighted by Crippen LogP contribution is -2.55. The molecule has 0 saturated carbocycles. The molecule has 6 rings (SSSR count). The lowest BCUT2D eigenvalue weighted by molar-refractivity contribution is -0.150. The molecule has 46 nitrogen and oxygen atoms in total. The molecule has 0 fully saturated rings. The topological polar surface area (TPSA) is 684 Å². The summed E-state index contributed by atoms with van der Waals surface area (Å²) in [6.07, 6.45) is 39.3. The van der Waals surface area contributed by atoms with Crippen LogP contribution < -0.4 is 93.6 Å². The van der Waals surface area contributed by atoms with Gasteiger partial charge in [-0.05, 0) is 64.5 Å². The molecule has 6 aromatic rings. The Labute approximate surface area is 809 Å². The number of anilines is 3. The fourth-order valence-electron chi connectivity index (χ4n) is 15.7. The minimum absolute atomic E-state index is 0.0370. The third kappa shape index (κ3) is 44.1. The highest BCUT2D eigenvalue weighted by Crippen LogP contribution is 2.19. The highest BCUT2D eigenvalue weighted by molar-refractivity contribution is 7.80. The second-order valence-corrected chi connectivity index (χ2v) is 35.4. The van der Waals surface area contributed by atoms with Gasteiger partial charge in [-0.2, -0.15) is 27.6 Å². The Morgan fingerprint density at radius 2 is 0.710 bits per heavy atom. The number of nitrogens with one attached hydrogen (secondary N) is 11. The summed E-state index contributed by atoms with van der Waals surface area (Å²) in [6.45, 7) is -1.72. The Morgan fingerprint density at radius 3 is 1.05 bits per heavy atom. The van der Waals surface area contributed by atoms with Crippen molar-refractivity contribution in [2.75, 3.05) is 108 Å². The number of carbonyl (C=O) groups excluding carboxylic acids is 13. The molecule has 0 aliphatic rings. The fourth-order valence-corrected chi connectivity index (χ4v) is 15.9. The predicted octanol–water partition coefficient (Wildman–Crippen LogP) is 2.54. The molecule has 3 unspecified atom stereocenters. The average molecular weight is 1960 g/mol. The van der Waals surface area contributed by atoms with Crippen LogP contribution in [-0.4, -0.2) is 265 Å². The van der Waals surface area contributed by atoms with E-state index in [2.05, 4.69) is 114 Å². The molecule has 6 heterocycles. The predicted molar refractivity (Wildman–Crippen MR) is 525 cm³/mol. The number of aromatic amines is 3. The fraction of sp³-hybridized carbons (Fsp3) is 0.692. The van der Waals surface area contributed by atoms with Gasteiger partial charge in [-0.3, -0.25) is 91.7 Å². The summed E-state index contributed by atoms with van der Waals surface area (Å²) in [6, 6.07) is -3.70. The van der Waals surface area contributed by atoms with Crippen LogP contribution in [0.15, 0.2) is 33.4 Å². The van der Waals surface area contributed by atoms with Crippen LogP contribution in [-0.2, 0) is 86.7 Å². The smallest absolute Gasteiger partial charge is 0.306 e. The zero-order chi connectivity index (χ0) is 100. The van der Waals surface area contributed by atoms with Crippen molar-refractivity contribution in [2.45, 2.75) is 315 Å². The summed E-state index contributed by atoms with van der Waals surface area (Å²) in [4.78, 5) is 253. The number of hydrogen-bond acceptors (Lipinski definition) is 29. The molecular weight excluding hydrogens is 1800 g/mol. The molecule has 47 heteroatoms. The molecule has 0 saturated heterocycles. The van der Waals surface area contributed by atoms with Crippen LogP contribution in [0.25, 0.3) is 33.5 Å². The summed E-state index contributed by atoms with van der Waals surface area (Å²) < 4.78 is 9.41. The van der Waals surface area contributed by atoms with Crippen LogP contribution in [0.1, 0.15) is 271 Å². The number of nitrogens with two attached hydrogens (primary N) is 6. The Kier molecular flexibility index (Phi) is 54.4. The lowest BCUT2D eigenvalue weighted by Gasteiger charge is -2.26. The van der Waals surface area contributed by atoms with Crippen molar-refractivity contribution in [1.82, 2.24) is 116 Å². The van der Waals surface area contributed by atoms with E-state index in [0.717, 1.165) is 85.0 Å². The first-order valence-electron chi connectivity index (χ1n) is 49.2. The van der Waals surface area contributed by atoms with Gasteiger partial charge in [-0.15, -0.1) is 0 Å². The molecule has 768 valence electrons. The number of aromatic nitrogens is 12. The quantitative estimate of drug-likeness (QED) is 0.0148. The van der Waals surface area contributed by atoms with Gasteiger partial charge in [-0.1, -0.05) is 194 Å². The summed E-state index contributed by atoms with van der Waals surface area (Å²) >= 11 is 4.10. The maximum Gasteiger partial charge on any atom is 0.306 e. The van der Waals surface area contributed by atoms with E-state index in [4.69, 9.17) is 39.1 Å². The monoisotopic (exact) mass is 1950 g/mol. The first-order valence-corrected chi connectivity index (χ1v) is 49.9. The van der Waals surface area contributed by atoms with E-state index >= 15 is 0 Å². The van der Waals surface area contributed by atoms with Crippen LogP contribution in [0.5, 0.6) is 0 Å². The molecule has 0 aliphatic heterocycles. The minimum Gasteiger partial charge on any atom is -0.459 e. The zero-order valence-electron chi connectivity index (χ0n) is 80.6. The van der Waals surface area contributed by atoms with E-state index in [1.54, 1.807) is 0 Å². The number of esters is 1. The van der Waals surface area contributed by atoms with Gasteiger partial charge < -0.3 is 110 Å². The van der Waals surface area contributed by atoms with Crippen LogP contribution in [0.2, 0.25) is 0 Å². The third-order valence-corrected chi connectivity index (χ3v) is 23.9. The highest BCUT2D eigenvalue weighted by atomic mass is 32.1. The number of fused-ring (bicyclic) bond motifs is 3. The summed E-state index contributed by atoms with van der Waals surface area (Å²) in [5, 5.41) is 21.5. The van der Waals surface area contributed by atoms with E-state index in [9.17, 15) is 76.7 Å². The number of hydrogen-bond donors (Lipinski definition) is 18. The standard InChI is InChI=1S/C91H151N29O17S/c1-3-5-7-9-11-13-15-17-19-21-23-25-27-29-31-39-67(121)101-51-63(52-102-68(122)40-32-30-28-26-24-22-20-18-16-14-12-10-8-6-4-2)137-76(130)42-41-69(123)106-64(37-33-35-43-92)84(132)100-47-50-116(74(128)57-119-61-104-78-82(119)110-90(96)113-87(78)135)54-71(125)98-45-48-115(73(127)56-118-60-103-77-81(118)109-89(95)112-86(77)134)53-70(124)99-46-49-117(75(129)58-120-62-105-79-83(120)111-91(97)114-88(79)136)55-72(126)107-65(38-34-36-44-93)85(133)108-66(59-138)80(94)131/h60-66,138H,3-59,92-93H2,1-2H3,(H2,94,131)(H,98,125)(H,99,124)(H,100,132)(H,101,121)(H,102,122)(H,106,123)(H,107,126)(H,108,133)(H3,95,109,112,134)(H3,96,110,113,135)(H3,97,111,114,136). The van der Waals surface area contributed by atoms with Crippen molar-refractivity contribution in [2.24, 2.45) is 17.2 Å². The van der Waals surface area contributed by atoms with Crippen molar-refractivity contribution >= 4 is 141 Å². The molecule has 0 radical (unpaired) electrons. The maximum absolute atomic E-state index is 14.5. The molecule has 138 heavy (non-hydrogen) atoms. The van der Waals surface area contributed by atoms with Gasteiger partial charge >= 0.3 is 5.97 Å². The first kappa shape index (κ1) is 115. The van der Waals surface area contributed by atoms with Crippen molar-refractivity contribution < 1.29 is 67.1 Å². The molecule has 6 aromatic heterocycles. The van der Waals surface area contributed by atoms with Gasteiger partial charge in [0.05, 0.1) is 58.1 Å². The van der Waals surface area contributed by atoms with Crippen LogP contribution in [0, 0.1) is 0 Å². The van der Waals surface area contributed by atoms with Crippen molar-refractivity contribution in [1.29, 1.82) is 0 Å². The van der Waals surface area contributed by atoms with Crippen molar-refractivity contribution in [3.63, 3.8) is 0 Å². The van der Waals surface area contributed by atoms with E-state index < -0.39 is 184 Å². The van der Waals surface area contributed by atoms with Gasteiger partial charge in [0.2, 0.25) is 88.7 Å². The van der Waals surface area contributed by atoms with E-state index in [1.165, 1.54) is 142 Å². The number of primary amides is 1. The number of H-pyrrole nitrogens is 3. The highest BCUT2D eigenvalue weighted by Gasteiger charge is 2.31. The van der Waals surface area contributed by atoms with Crippen LogP contribution in [0.3, 0.4) is 0 Å². The number of imidazole rings is 3. The molecule has 0 spiro atoms. The zero-order valence-corrected chi connectivity index (χ0v) is 81.5. The Hall–Kier alpha value is -12.2. The SMILES string of the molecule is CCCCCCCCCCCCCCCCCC(=O)NCC(CNC(=O)CCCCCCCCCCCCCCCCC)OC(=O)CCC(=O)NC(CCCCN)C(=O)NCCN(CC(=O)NCCN(CC(=O)NCCN(CC(=O)NC(CCCCN)C(=O)NC(CS)C(N)=O)C(=O)Cn1cnc2c(=O)[nH]c(N)nc21)C(=O)Cn1cnc2c(=O)[nH]c(N)nc21)C(=O)Cn1cnc2c(=O)[nH]c(N)nc21. The first-order chi connectivity index (χ1) is 66.5. The van der Waals surface area contributed by atoms with Gasteiger partial charge in [0, 0.05) is 64.3 Å². The van der Waals surface area contributed by atoms with Crippen molar-refractivity contribution in [3.8, 4) is 0 Å². The number of rotatable bonds is 76. The number of unbranched alkanes of at least 4 members (excludes halogenated alkanes) is 30. The second-order valence-electron chi connectivity index (χ2n) is 35.0. The molecule has 0 aliphatic carbocycles. The van der Waals surface area contributed by atoms with E-state index in [-0.39, 0.29) is 134 Å². The van der Waals surface area contributed by atoms with Gasteiger partial charge in [-0.25, -0.2) is 15.0 Å². The summed E-state index contributed by atoms with van der Waals surface area (Å²) in [5.41, 5.74) is 31.6. The molecule has 12 amide bonds. The number of nitrogen functional groups attached to an aromatic ring is 3. The largest absolute Gasteiger partial charge is 0.459 e. The molecule has 23 N–H and O–H groups in total. The Morgan fingerprint density at radius 1 is 0.384 bits per heavy atom. The van der Waals surface area contributed by atoms with Crippen molar-refractivity contribution in [3.05, 3.63) is 50.0 Å². The van der Waals surface area contributed by atoms with Crippen LogP contribution >= 0.6 is 12.6 Å². The Balaban J connectivity index is 1.11. The van der Waals surface area contributed by atoms with Gasteiger partial charge in [0.15, 0.2) is 33.5 Å². The third-order valence-electron chi connectivity index (χ3n) is 23.5. The molecule has 0 aromatic carbocycles. The number of thiol groups is 1. The lowest BCUT2D eigenvalue weighted by atomic mass is 10.0.